The van der Waals surface area contributed by atoms with Crippen molar-refractivity contribution in [2.75, 3.05) is 45.6 Å². The molecule has 0 saturated carbocycles. The van der Waals surface area contributed by atoms with Gasteiger partial charge in [-0.2, -0.15) is 0 Å². The zero-order valence-electron chi connectivity index (χ0n) is 24.1. The van der Waals surface area contributed by atoms with Crippen LogP contribution in [0.5, 0.6) is 0 Å². The van der Waals surface area contributed by atoms with Crippen LogP contribution >= 0.6 is 0 Å². The van der Waals surface area contributed by atoms with E-state index in [4.69, 9.17) is 4.99 Å². The molecular weight excluding hydrogens is 534 g/mol. The molecule has 2 saturated heterocycles. The van der Waals surface area contributed by atoms with Crippen molar-refractivity contribution >= 4 is 41.4 Å². The van der Waals surface area contributed by atoms with Crippen molar-refractivity contribution in [1.82, 2.24) is 25.0 Å². The molecule has 1 aromatic carbocycles. The number of guanidine groups is 1. The van der Waals surface area contributed by atoms with Crippen molar-refractivity contribution in [2.24, 2.45) is 4.99 Å². The van der Waals surface area contributed by atoms with Crippen LogP contribution in [0.15, 0.2) is 47.6 Å². The molecule has 2 N–H and O–H groups in total. The van der Waals surface area contributed by atoms with Gasteiger partial charge in [0.1, 0.15) is 11.7 Å². The predicted octanol–water partition coefficient (Wildman–Crippen LogP) is 2.55. The first kappa shape index (κ1) is 29.0. The second-order valence-electron chi connectivity index (χ2n) is 11.1. The van der Waals surface area contributed by atoms with Gasteiger partial charge in [0.15, 0.2) is 0 Å². The van der Waals surface area contributed by atoms with Crippen molar-refractivity contribution < 1.29 is 19.2 Å². The van der Waals surface area contributed by atoms with Gasteiger partial charge < -0.3 is 20.0 Å². The molecule has 3 aliphatic rings. The van der Waals surface area contributed by atoms with Crippen molar-refractivity contribution in [3.63, 3.8) is 0 Å². The third-order valence-electron chi connectivity index (χ3n) is 7.75. The first-order chi connectivity index (χ1) is 20.3. The fraction of sp³-hybridized carbons (Fsp3) is 0.419. The second-order valence-corrected chi connectivity index (χ2v) is 11.1. The number of nitrogens with zero attached hydrogens (tertiary/aromatic N) is 5. The second kappa shape index (κ2) is 13.0. The fourth-order valence-electron chi connectivity index (χ4n) is 5.37. The maximum Gasteiger partial charge on any atom is 0.271 e. The summed E-state index contributed by atoms with van der Waals surface area (Å²) < 4.78 is 0. The van der Waals surface area contributed by atoms with E-state index in [2.05, 4.69) is 21.7 Å². The number of aromatic nitrogens is 1. The number of pyridine rings is 1. The molecule has 2 aliphatic heterocycles. The quantitative estimate of drug-likeness (QED) is 0.405. The van der Waals surface area contributed by atoms with Crippen LogP contribution in [0.1, 0.15) is 64.1 Å². The van der Waals surface area contributed by atoms with E-state index in [-0.39, 0.29) is 41.5 Å². The summed E-state index contributed by atoms with van der Waals surface area (Å²) in [6.07, 6.45) is 10.4. The third-order valence-corrected chi connectivity index (χ3v) is 7.75. The Kier molecular flexibility index (Phi) is 8.94. The highest BCUT2D eigenvalue weighted by Gasteiger charge is 2.30. The summed E-state index contributed by atoms with van der Waals surface area (Å²) >= 11 is 0. The molecule has 1 aliphatic carbocycles. The molecule has 2 aromatic rings. The summed E-state index contributed by atoms with van der Waals surface area (Å²) in [5.41, 5.74) is 3.46. The van der Waals surface area contributed by atoms with Crippen LogP contribution in [0.4, 0.5) is 5.69 Å². The molecule has 220 valence electrons. The monoisotopic (exact) mass is 571 g/mol. The van der Waals surface area contributed by atoms with Crippen LogP contribution in [0.2, 0.25) is 0 Å². The first-order valence-electron chi connectivity index (χ1n) is 14.5. The lowest BCUT2D eigenvalue weighted by atomic mass is 10.1. The molecule has 4 amide bonds. The van der Waals surface area contributed by atoms with E-state index >= 15 is 0 Å². The molecule has 5 rings (SSSR count). The Bertz CT molecular complexity index is 1410. The van der Waals surface area contributed by atoms with Gasteiger partial charge in [-0.25, -0.2) is 4.99 Å². The number of nitrogens with one attached hydrogen (secondary N) is 2. The topological polar surface area (TPSA) is 127 Å². The molecule has 42 heavy (non-hydrogen) atoms. The number of allylic oxidation sites excluding steroid dienone is 1. The molecule has 1 aromatic heterocycles. The van der Waals surface area contributed by atoms with Gasteiger partial charge in [-0.05, 0) is 73.9 Å². The third kappa shape index (κ3) is 6.84. The zero-order valence-corrected chi connectivity index (χ0v) is 24.1. The molecule has 2 fully saturated rings. The number of amides is 4. The average molecular weight is 572 g/mol. The SMILES string of the molecule is CN(C)C(=O)c1ccc(C(=O)NC(=NC2CCCCN(CC(=O)N3CCCC3)C2=O)Nc2ccc3c(c2)C=CC3)cn1. The van der Waals surface area contributed by atoms with Gasteiger partial charge in [0, 0.05) is 45.6 Å². The predicted molar refractivity (Wildman–Crippen MR) is 160 cm³/mol. The number of fused-ring (bicyclic) bond motifs is 1. The smallest absolute Gasteiger partial charge is 0.271 e. The average Bonchev–Trinajstić information content (AvgIpc) is 3.67. The van der Waals surface area contributed by atoms with Gasteiger partial charge in [0.2, 0.25) is 17.8 Å². The van der Waals surface area contributed by atoms with Crippen molar-refractivity contribution in [2.45, 2.75) is 44.6 Å². The minimum atomic E-state index is -0.755. The lowest BCUT2D eigenvalue weighted by Crippen LogP contribution is -2.45. The van der Waals surface area contributed by atoms with Crippen LogP contribution in [-0.4, -0.2) is 95.6 Å². The maximum atomic E-state index is 13.6. The van der Waals surface area contributed by atoms with Gasteiger partial charge in [-0.15, -0.1) is 0 Å². The lowest BCUT2D eigenvalue weighted by molar-refractivity contribution is -0.140. The van der Waals surface area contributed by atoms with E-state index in [0.717, 1.165) is 50.8 Å². The highest BCUT2D eigenvalue weighted by Crippen LogP contribution is 2.23. The summed E-state index contributed by atoms with van der Waals surface area (Å²) in [5.74, 6) is -0.885. The molecule has 11 heteroatoms. The fourth-order valence-corrected chi connectivity index (χ4v) is 5.37. The Labute approximate surface area is 245 Å². The van der Waals surface area contributed by atoms with Crippen LogP contribution in [0, 0.1) is 0 Å². The summed E-state index contributed by atoms with van der Waals surface area (Å²) in [7, 11) is 3.26. The summed E-state index contributed by atoms with van der Waals surface area (Å²) in [6, 6.07) is 8.17. The standard InChI is InChI=1S/C31H37N7O4/c1-36(2)29(41)25-14-12-23(19-32-25)28(40)35-31(33-24-13-11-21-8-7-9-22(21)18-24)34-26-10-3-4-17-38(30(26)42)20-27(39)37-15-5-6-16-37/h7,9,11-14,18-19,26H,3-6,8,10,15-17,20H2,1-2H3,(H2,33,34,35,40). The number of likely N-dealkylation sites (tertiary alicyclic amines) is 2. The molecule has 3 heterocycles. The van der Waals surface area contributed by atoms with E-state index in [9.17, 15) is 19.2 Å². The number of carbonyl (C=O) groups excluding carboxylic acids is 4. The number of aliphatic imine (C=N–C) groups is 1. The number of hydrogen-bond donors (Lipinski definition) is 2. The largest absolute Gasteiger partial charge is 0.343 e. The normalized spacial score (nSPS) is 18.5. The summed E-state index contributed by atoms with van der Waals surface area (Å²) in [6.45, 7) is 2.01. The van der Waals surface area contributed by atoms with E-state index in [1.807, 2.05) is 29.2 Å². The summed E-state index contributed by atoms with van der Waals surface area (Å²) in [4.78, 5) is 65.6. The van der Waals surface area contributed by atoms with Gasteiger partial charge in [0.05, 0.1) is 12.1 Å². The van der Waals surface area contributed by atoms with Crippen molar-refractivity contribution in [1.29, 1.82) is 0 Å². The van der Waals surface area contributed by atoms with E-state index in [0.29, 0.717) is 18.7 Å². The van der Waals surface area contributed by atoms with Crippen LogP contribution < -0.4 is 10.6 Å². The number of rotatable bonds is 6. The Morgan fingerprint density at radius 2 is 1.83 bits per heavy atom. The molecule has 0 radical (unpaired) electrons. The first-order valence-corrected chi connectivity index (χ1v) is 14.5. The highest BCUT2D eigenvalue weighted by atomic mass is 16.2. The zero-order chi connectivity index (χ0) is 29.6. The Balaban J connectivity index is 1.37. The Hall–Kier alpha value is -4.54. The molecule has 0 spiro atoms. The van der Waals surface area contributed by atoms with E-state index < -0.39 is 11.9 Å². The van der Waals surface area contributed by atoms with Crippen molar-refractivity contribution in [3.05, 3.63) is 65.0 Å². The molecular formula is C31H37N7O4. The van der Waals surface area contributed by atoms with Gasteiger partial charge in [-0.1, -0.05) is 18.2 Å². The summed E-state index contributed by atoms with van der Waals surface area (Å²) in [5, 5.41) is 6.01. The Morgan fingerprint density at radius 3 is 2.57 bits per heavy atom. The minimum Gasteiger partial charge on any atom is -0.343 e. The lowest BCUT2D eigenvalue weighted by Gasteiger charge is -2.25. The number of carbonyl (C=O) groups is 4. The highest BCUT2D eigenvalue weighted by molar-refractivity contribution is 6.10. The van der Waals surface area contributed by atoms with E-state index in [1.54, 1.807) is 19.0 Å². The van der Waals surface area contributed by atoms with Gasteiger partial charge in [0.25, 0.3) is 11.8 Å². The molecule has 1 unspecified atom stereocenters. The maximum absolute atomic E-state index is 13.6. The molecule has 1 atom stereocenters. The van der Waals surface area contributed by atoms with Gasteiger partial charge >= 0.3 is 0 Å². The number of hydrogen-bond acceptors (Lipinski definition) is 6. The number of anilines is 1. The van der Waals surface area contributed by atoms with Crippen LogP contribution in [0.25, 0.3) is 6.08 Å². The molecule has 0 bridgehead atoms. The van der Waals surface area contributed by atoms with E-state index in [1.165, 1.54) is 28.8 Å². The number of benzene rings is 1. The van der Waals surface area contributed by atoms with Crippen LogP contribution in [0.3, 0.4) is 0 Å². The van der Waals surface area contributed by atoms with Crippen LogP contribution in [-0.2, 0) is 16.0 Å². The Morgan fingerprint density at radius 1 is 1.05 bits per heavy atom. The van der Waals surface area contributed by atoms with Crippen molar-refractivity contribution in [3.8, 4) is 0 Å². The molecule has 11 nitrogen and oxygen atoms in total. The minimum absolute atomic E-state index is 0.0352. The van der Waals surface area contributed by atoms with Gasteiger partial charge in [-0.3, -0.25) is 29.5 Å².